The fourth-order valence-electron chi connectivity index (χ4n) is 4.69. The quantitative estimate of drug-likeness (QED) is 0.644. The van der Waals surface area contributed by atoms with E-state index in [2.05, 4.69) is 20.3 Å². The molecule has 1 unspecified atom stereocenters. The highest BCUT2D eigenvalue weighted by molar-refractivity contribution is 6.04. The molecule has 2 amide bonds. The third kappa shape index (κ3) is 4.04. The third-order valence-electron chi connectivity index (χ3n) is 6.40. The Morgan fingerprint density at radius 3 is 2.73 bits per heavy atom. The Morgan fingerprint density at radius 2 is 1.94 bits per heavy atom. The van der Waals surface area contributed by atoms with Crippen molar-refractivity contribution >= 4 is 17.5 Å². The topological polar surface area (TPSA) is 108 Å². The zero-order valence-electron chi connectivity index (χ0n) is 18.4. The van der Waals surface area contributed by atoms with E-state index in [0.29, 0.717) is 35.7 Å². The fraction of sp³-hybridized carbons (Fsp3) is 0.320. The Bertz CT molecular complexity index is 1280. The number of aryl methyl sites for hydroxylation is 3. The molecule has 3 aromatic rings. The summed E-state index contributed by atoms with van der Waals surface area (Å²) in [5.74, 6) is -0.0814. The molecule has 1 atom stereocenters. The van der Waals surface area contributed by atoms with E-state index < -0.39 is 0 Å². The number of hydrogen-bond acceptors (Lipinski definition) is 5. The second-order valence-corrected chi connectivity index (χ2v) is 8.57. The molecule has 2 N–H and O–H groups in total. The smallest absolute Gasteiger partial charge is 0.261 e. The molecule has 1 aromatic carbocycles. The normalized spacial score (nSPS) is 17.1. The van der Waals surface area contributed by atoms with Crippen LogP contribution in [0, 0.1) is 6.92 Å². The van der Waals surface area contributed by atoms with Crippen molar-refractivity contribution in [3.63, 3.8) is 0 Å². The van der Waals surface area contributed by atoms with E-state index in [1.54, 1.807) is 17.9 Å². The number of aromatic nitrogens is 3. The number of aromatic amines is 1. The lowest BCUT2D eigenvalue weighted by molar-refractivity contribution is 0.0727. The molecule has 3 heterocycles. The van der Waals surface area contributed by atoms with Gasteiger partial charge in [0.1, 0.15) is 5.56 Å². The summed E-state index contributed by atoms with van der Waals surface area (Å²) in [6.07, 6.45) is 5.75. The Kier molecular flexibility index (Phi) is 5.50. The lowest BCUT2D eigenvalue weighted by atomic mass is 10.1. The van der Waals surface area contributed by atoms with Gasteiger partial charge in [-0.3, -0.25) is 14.4 Å². The molecule has 2 aromatic heterocycles. The number of rotatable bonds is 4. The van der Waals surface area contributed by atoms with E-state index in [1.807, 2.05) is 30.3 Å². The van der Waals surface area contributed by atoms with Gasteiger partial charge < -0.3 is 15.2 Å². The SMILES string of the molecule is Cc1nc(C2CCCN2C(=O)c2cc3c([nH]c2=O)CCC3)ncc1C(=O)Nc1ccccc1. The number of fused-ring (bicyclic) bond motifs is 1. The van der Waals surface area contributed by atoms with Gasteiger partial charge in [-0.1, -0.05) is 18.2 Å². The van der Waals surface area contributed by atoms with Crippen molar-refractivity contribution in [3.05, 3.63) is 86.9 Å². The van der Waals surface area contributed by atoms with Crippen LogP contribution in [0.2, 0.25) is 0 Å². The molecule has 0 radical (unpaired) electrons. The molecule has 168 valence electrons. The summed E-state index contributed by atoms with van der Waals surface area (Å²) in [7, 11) is 0. The molecule has 33 heavy (non-hydrogen) atoms. The predicted molar refractivity (Wildman–Crippen MR) is 123 cm³/mol. The van der Waals surface area contributed by atoms with Gasteiger partial charge in [0, 0.05) is 24.1 Å². The maximum atomic E-state index is 13.3. The van der Waals surface area contributed by atoms with Crippen LogP contribution < -0.4 is 10.9 Å². The Morgan fingerprint density at radius 1 is 1.12 bits per heavy atom. The number of carbonyl (C=O) groups excluding carboxylic acids is 2. The highest BCUT2D eigenvalue weighted by Crippen LogP contribution is 2.31. The maximum absolute atomic E-state index is 13.3. The summed E-state index contributed by atoms with van der Waals surface area (Å²) in [5.41, 5.74) is 3.46. The summed E-state index contributed by atoms with van der Waals surface area (Å²) in [4.78, 5) is 52.1. The van der Waals surface area contributed by atoms with Gasteiger partial charge in [-0.2, -0.15) is 0 Å². The van der Waals surface area contributed by atoms with Gasteiger partial charge >= 0.3 is 0 Å². The lowest BCUT2D eigenvalue weighted by Crippen LogP contribution is -2.35. The van der Waals surface area contributed by atoms with Gasteiger partial charge in [-0.25, -0.2) is 9.97 Å². The van der Waals surface area contributed by atoms with Crippen LogP contribution in [-0.4, -0.2) is 38.2 Å². The van der Waals surface area contributed by atoms with Crippen LogP contribution in [0.4, 0.5) is 5.69 Å². The van der Waals surface area contributed by atoms with Crippen LogP contribution in [-0.2, 0) is 12.8 Å². The lowest BCUT2D eigenvalue weighted by Gasteiger charge is -2.24. The molecule has 1 fully saturated rings. The number of likely N-dealkylation sites (tertiary alicyclic amines) is 1. The molecule has 0 spiro atoms. The van der Waals surface area contributed by atoms with E-state index in [9.17, 15) is 14.4 Å². The average Bonchev–Trinajstić information content (AvgIpc) is 3.48. The van der Waals surface area contributed by atoms with Crippen molar-refractivity contribution in [2.75, 3.05) is 11.9 Å². The van der Waals surface area contributed by atoms with Crippen LogP contribution in [0.25, 0.3) is 0 Å². The third-order valence-corrected chi connectivity index (χ3v) is 6.40. The highest BCUT2D eigenvalue weighted by Gasteiger charge is 2.34. The van der Waals surface area contributed by atoms with Crippen LogP contribution in [0.1, 0.15) is 68.8 Å². The van der Waals surface area contributed by atoms with Gasteiger partial charge in [-0.15, -0.1) is 0 Å². The van der Waals surface area contributed by atoms with Crippen molar-refractivity contribution in [3.8, 4) is 0 Å². The summed E-state index contributed by atoms with van der Waals surface area (Å²) in [6.45, 7) is 2.30. The van der Waals surface area contributed by atoms with Crippen molar-refractivity contribution in [2.24, 2.45) is 0 Å². The van der Waals surface area contributed by atoms with E-state index in [0.717, 1.165) is 36.9 Å². The zero-order chi connectivity index (χ0) is 22.9. The van der Waals surface area contributed by atoms with Crippen molar-refractivity contribution < 1.29 is 9.59 Å². The minimum absolute atomic E-state index is 0.179. The van der Waals surface area contributed by atoms with Gasteiger partial charge in [0.25, 0.3) is 17.4 Å². The van der Waals surface area contributed by atoms with Gasteiger partial charge in [0.15, 0.2) is 5.82 Å². The number of para-hydroxylation sites is 1. The summed E-state index contributed by atoms with van der Waals surface area (Å²) >= 11 is 0. The molecule has 1 saturated heterocycles. The zero-order valence-corrected chi connectivity index (χ0v) is 18.4. The maximum Gasteiger partial charge on any atom is 0.261 e. The van der Waals surface area contributed by atoms with E-state index in [4.69, 9.17) is 0 Å². The van der Waals surface area contributed by atoms with Gasteiger partial charge in [-0.05, 0) is 62.8 Å². The summed E-state index contributed by atoms with van der Waals surface area (Å²) in [6, 6.07) is 10.6. The van der Waals surface area contributed by atoms with Crippen molar-refractivity contribution in [1.29, 1.82) is 0 Å². The fourth-order valence-corrected chi connectivity index (χ4v) is 4.69. The number of anilines is 1. The summed E-state index contributed by atoms with van der Waals surface area (Å²) < 4.78 is 0. The first-order valence-corrected chi connectivity index (χ1v) is 11.3. The minimum Gasteiger partial charge on any atom is -0.328 e. The van der Waals surface area contributed by atoms with Crippen LogP contribution >= 0.6 is 0 Å². The standard InChI is InChI=1S/C25H25N5O3/c1-15-19(24(32)28-17-8-3-2-4-9-17)14-26-22(27-15)21-11-6-12-30(21)25(33)18-13-16-7-5-10-20(16)29-23(18)31/h2-4,8-9,13-14,21H,5-7,10-12H2,1H3,(H,28,32)(H,29,31). The van der Waals surface area contributed by atoms with E-state index in [-0.39, 0.29) is 29.0 Å². The largest absolute Gasteiger partial charge is 0.328 e. The van der Waals surface area contributed by atoms with Gasteiger partial charge in [0.2, 0.25) is 0 Å². The molecule has 0 bridgehead atoms. The van der Waals surface area contributed by atoms with Crippen molar-refractivity contribution in [2.45, 2.75) is 45.1 Å². The number of nitrogens with zero attached hydrogens (tertiary/aromatic N) is 3. The molecule has 8 nitrogen and oxygen atoms in total. The van der Waals surface area contributed by atoms with E-state index in [1.165, 1.54) is 6.20 Å². The number of carbonyl (C=O) groups is 2. The molecule has 1 aliphatic heterocycles. The highest BCUT2D eigenvalue weighted by atomic mass is 16.2. The Labute approximate surface area is 191 Å². The molecule has 5 rings (SSSR count). The second kappa shape index (κ2) is 8.61. The number of nitrogens with one attached hydrogen (secondary N) is 2. The summed E-state index contributed by atoms with van der Waals surface area (Å²) in [5, 5.41) is 2.84. The number of benzene rings is 1. The second-order valence-electron chi connectivity index (χ2n) is 8.57. The molecule has 8 heteroatoms. The van der Waals surface area contributed by atoms with Crippen LogP contribution in [0.5, 0.6) is 0 Å². The first kappa shape index (κ1) is 21.1. The van der Waals surface area contributed by atoms with Crippen LogP contribution in [0.3, 0.4) is 0 Å². The number of amides is 2. The molecule has 1 aliphatic carbocycles. The first-order valence-electron chi connectivity index (χ1n) is 11.3. The molecule has 2 aliphatic rings. The van der Waals surface area contributed by atoms with E-state index >= 15 is 0 Å². The minimum atomic E-state index is -0.337. The average molecular weight is 444 g/mol. The number of pyridine rings is 1. The number of hydrogen-bond donors (Lipinski definition) is 2. The van der Waals surface area contributed by atoms with Crippen LogP contribution in [0.15, 0.2) is 47.4 Å². The van der Waals surface area contributed by atoms with Crippen molar-refractivity contribution in [1.82, 2.24) is 19.9 Å². The Balaban J connectivity index is 1.38. The monoisotopic (exact) mass is 443 g/mol. The Hall–Kier alpha value is -3.81. The van der Waals surface area contributed by atoms with Gasteiger partial charge in [0.05, 0.1) is 17.3 Å². The molecular formula is C25H25N5O3. The molecule has 0 saturated carbocycles. The predicted octanol–water partition coefficient (Wildman–Crippen LogP) is 3.19. The number of H-pyrrole nitrogens is 1. The molecular weight excluding hydrogens is 418 g/mol. The first-order chi connectivity index (χ1) is 16.0.